The number of rotatable bonds is 22. The largest absolute Gasteiger partial charge is 0.370 e. The molecule has 3 saturated heterocycles. The standard InChI is InChI=1S/C74H92Cl2N18O14/c1-40(2)31-53-67(102)88-52-26-29-81-64(99)54(33-42-15-20-48(75)21-16-42)85-61(96)25-24-51(66(101)86-50(65(100)89-53)12-7-28-82-74(78)79)87-71(106)58(37-62(97)83-39-59(63(77)98)93-72(107)60-13-8-30-94(60)73(52)108)92-70(105)57(36-45-9-6-27-80-38-45)91-69(104)56(34-43-17-22-49(76)23-18-43)90-68(103)55(84-41(3)95)35-44-14-19-46-10-4-5-11-47(46)32-44/h4-6,9-11,14-23,27,32,38,40,50-60H,7-8,12-13,24-26,28-31,33-37,39H2,1-3H3,(H2,77,98)(H,81,99)(H,83,97)(H,84,95)(H,85,96)(H,86,101)(H,87,106)(H,88,102)(H,89,100)(H,90,103)(H,91,104)(H,92,105)(H,93,107)(H4,78,79,82)/t50-,51+,52+,53+,54+,55-,56-,57-,58+,59+,60+/m1/s1. The van der Waals surface area contributed by atoms with Crippen molar-refractivity contribution in [3.8, 4) is 0 Å². The van der Waals surface area contributed by atoms with Crippen LogP contribution in [0.25, 0.3) is 10.8 Å². The van der Waals surface area contributed by atoms with Crippen molar-refractivity contribution in [2.75, 3.05) is 26.2 Å². The van der Waals surface area contributed by atoms with Crippen LogP contribution in [0.3, 0.4) is 0 Å². The number of aliphatic imine (C=N–C) groups is 1. The van der Waals surface area contributed by atoms with Crippen molar-refractivity contribution in [3.63, 3.8) is 0 Å². The second-order valence-electron chi connectivity index (χ2n) is 27.3. The summed E-state index contributed by atoms with van der Waals surface area (Å²) in [5.74, 6) is -13.9. The van der Waals surface area contributed by atoms with Crippen molar-refractivity contribution in [1.82, 2.24) is 73.7 Å². The van der Waals surface area contributed by atoms with Gasteiger partial charge in [0.05, 0.1) is 6.42 Å². The maximum absolute atomic E-state index is 15.4. The van der Waals surface area contributed by atoms with Crippen LogP contribution >= 0.6 is 23.2 Å². The number of fused-ring (bicyclic) bond motifs is 11. The maximum Gasteiger partial charge on any atom is 0.245 e. The second kappa shape index (κ2) is 39.9. The maximum atomic E-state index is 15.4. The van der Waals surface area contributed by atoms with Crippen molar-refractivity contribution >= 4 is 123 Å². The van der Waals surface area contributed by atoms with Gasteiger partial charge in [0.1, 0.15) is 66.5 Å². The predicted molar refractivity (Wildman–Crippen MR) is 399 cm³/mol. The first-order valence-corrected chi connectivity index (χ1v) is 36.4. The third kappa shape index (κ3) is 25.2. The molecule has 576 valence electrons. The first kappa shape index (κ1) is 82.4. The normalized spacial score (nSPS) is 21.8. The summed E-state index contributed by atoms with van der Waals surface area (Å²) < 4.78 is 0. The van der Waals surface area contributed by atoms with E-state index < -0.39 is 175 Å². The first-order chi connectivity index (χ1) is 51.5. The van der Waals surface area contributed by atoms with Crippen LogP contribution in [0.5, 0.6) is 0 Å². The van der Waals surface area contributed by atoms with E-state index >= 15 is 24.0 Å². The minimum absolute atomic E-state index is 0.0163. The van der Waals surface area contributed by atoms with Gasteiger partial charge in [0.25, 0.3) is 0 Å². The number of primary amides is 1. The van der Waals surface area contributed by atoms with E-state index in [0.717, 1.165) is 10.8 Å². The number of pyridine rings is 1. The number of aromatic nitrogens is 1. The highest BCUT2D eigenvalue weighted by Crippen LogP contribution is 2.23. The van der Waals surface area contributed by atoms with E-state index in [0.29, 0.717) is 32.3 Å². The molecule has 1 aromatic heterocycles. The first-order valence-electron chi connectivity index (χ1n) is 35.6. The number of benzene rings is 4. The number of hydrogen-bond acceptors (Lipinski definition) is 16. The van der Waals surface area contributed by atoms with Crippen molar-refractivity contribution in [2.24, 2.45) is 28.1 Å². The van der Waals surface area contributed by atoms with Gasteiger partial charge in [-0.15, -0.1) is 0 Å². The Morgan fingerprint density at radius 3 is 1.87 bits per heavy atom. The van der Waals surface area contributed by atoms with E-state index in [2.05, 4.69) is 73.8 Å². The van der Waals surface area contributed by atoms with Crippen LogP contribution < -0.4 is 81.0 Å². The molecule has 0 spiro atoms. The SMILES string of the molecule is CC(=O)N[C@H](Cc1ccc2ccccc2c1)C(=O)N[C@H](Cc1ccc(Cl)cc1)C(=O)N[C@H](Cc1cccnc1)C(=O)N[C@H]1CC(=O)NC[C@@H](C(N)=O)NC(=O)[C@@H]2CCCN2C(=O)[C@@H]2CCNC(=O)[C@H](Cc3ccc(Cl)cc3)NC(=O)CC[C@H](NC1=O)C(=O)N[C@H](CCCN=C(N)N)C(=O)N[C@@H](CC(C)C)C(=O)N2. The van der Waals surface area contributed by atoms with Crippen LogP contribution in [-0.2, 0) is 92.8 Å². The fourth-order valence-corrected chi connectivity index (χ4v) is 13.0. The Morgan fingerprint density at radius 2 is 1.21 bits per heavy atom. The number of carbonyl (C=O) groups excluding carboxylic acids is 14. The summed E-state index contributed by atoms with van der Waals surface area (Å²) in [5, 5.41) is 34.2. The van der Waals surface area contributed by atoms with Crippen LogP contribution in [0.4, 0.5) is 0 Å². The quantitative estimate of drug-likeness (QED) is 0.0172. The van der Waals surface area contributed by atoms with Gasteiger partial charge >= 0.3 is 0 Å². The summed E-state index contributed by atoms with van der Waals surface area (Å²) in [4.78, 5) is 214. The van der Waals surface area contributed by atoms with Crippen LogP contribution in [0.2, 0.25) is 10.0 Å². The molecule has 3 aliphatic heterocycles. The summed E-state index contributed by atoms with van der Waals surface area (Å²) in [6, 6.07) is 11.5. The lowest BCUT2D eigenvalue weighted by atomic mass is 9.99. The number of halogens is 2. The lowest BCUT2D eigenvalue weighted by molar-refractivity contribution is -0.142. The topological polar surface area (TPSA) is 490 Å². The molecule has 3 fully saturated rings. The third-order valence-corrected chi connectivity index (χ3v) is 18.8. The van der Waals surface area contributed by atoms with Crippen LogP contribution in [0.1, 0.15) is 101 Å². The number of guanidine groups is 1. The van der Waals surface area contributed by atoms with E-state index in [1.807, 2.05) is 36.4 Å². The minimum atomic E-state index is -2.09. The van der Waals surface area contributed by atoms with E-state index in [4.69, 9.17) is 40.4 Å². The monoisotopic (exact) mass is 1530 g/mol. The van der Waals surface area contributed by atoms with E-state index in [1.165, 1.54) is 24.2 Å². The molecular formula is C74H92Cl2N18O14. The number of hydrogen-bond donors (Lipinski definition) is 15. The fraction of sp³-hybridized carbons (Fsp3) is 0.432. The van der Waals surface area contributed by atoms with Crippen molar-refractivity contribution in [1.29, 1.82) is 0 Å². The van der Waals surface area contributed by atoms with Crippen molar-refractivity contribution < 1.29 is 67.1 Å². The molecule has 108 heavy (non-hydrogen) atoms. The van der Waals surface area contributed by atoms with Gasteiger partial charge in [-0.25, -0.2) is 0 Å². The Labute approximate surface area is 633 Å². The number of nitrogens with zero attached hydrogens (tertiary/aromatic N) is 3. The third-order valence-electron chi connectivity index (χ3n) is 18.3. The molecule has 5 aromatic rings. The summed E-state index contributed by atoms with van der Waals surface area (Å²) in [5.41, 5.74) is 19.1. The Kier molecular flexibility index (Phi) is 30.4. The molecule has 3 aliphatic rings. The highest BCUT2D eigenvalue weighted by molar-refractivity contribution is 6.30. The van der Waals surface area contributed by atoms with Crippen molar-refractivity contribution in [3.05, 3.63) is 148 Å². The predicted octanol–water partition coefficient (Wildman–Crippen LogP) is -0.924. The average Bonchev–Trinajstić information content (AvgIpc) is 1.61. The lowest BCUT2D eigenvalue weighted by Gasteiger charge is -2.31. The van der Waals surface area contributed by atoms with Gasteiger partial charge in [0.15, 0.2) is 5.96 Å². The molecular weight excluding hydrogens is 1440 g/mol. The van der Waals surface area contributed by atoms with E-state index in [9.17, 15) is 43.2 Å². The van der Waals surface area contributed by atoms with Gasteiger partial charge in [-0.1, -0.05) is 110 Å². The van der Waals surface area contributed by atoms with Gasteiger partial charge in [-0.05, 0) is 114 Å². The average molecular weight is 1530 g/mol. The van der Waals surface area contributed by atoms with Gasteiger partial charge in [0, 0.05) is 87.6 Å². The highest BCUT2D eigenvalue weighted by Gasteiger charge is 2.42. The van der Waals surface area contributed by atoms with Crippen LogP contribution in [-0.4, -0.2) is 191 Å². The molecule has 0 radical (unpaired) electrons. The van der Waals surface area contributed by atoms with Gasteiger partial charge in [-0.2, -0.15) is 0 Å². The molecule has 8 rings (SSSR count). The molecule has 18 N–H and O–H groups in total. The Hall–Kier alpha value is -11.3. The fourth-order valence-electron chi connectivity index (χ4n) is 12.7. The summed E-state index contributed by atoms with van der Waals surface area (Å²) in [6.45, 7) is 3.55. The number of carbonyl (C=O) groups is 14. The summed E-state index contributed by atoms with van der Waals surface area (Å²) >= 11 is 12.5. The number of amides is 14. The highest BCUT2D eigenvalue weighted by atomic mass is 35.5. The molecule has 0 aliphatic carbocycles. The zero-order valence-corrected chi connectivity index (χ0v) is 61.5. The van der Waals surface area contributed by atoms with Gasteiger partial charge in [0.2, 0.25) is 82.7 Å². The summed E-state index contributed by atoms with van der Waals surface area (Å²) in [7, 11) is 0. The molecule has 0 saturated carbocycles. The molecule has 14 amide bonds. The Balaban J connectivity index is 1.20. The smallest absolute Gasteiger partial charge is 0.245 e. The van der Waals surface area contributed by atoms with Crippen molar-refractivity contribution in [2.45, 2.75) is 171 Å². The van der Waals surface area contributed by atoms with E-state index in [-0.39, 0.29) is 95.7 Å². The molecule has 0 unspecified atom stereocenters. The lowest BCUT2D eigenvalue weighted by Crippen LogP contribution is -2.61. The number of nitrogens with two attached hydrogens (primary N) is 3. The molecule has 4 heterocycles. The van der Waals surface area contributed by atoms with Crippen LogP contribution in [0, 0.1) is 5.92 Å². The Bertz CT molecular complexity index is 4130. The van der Waals surface area contributed by atoms with Gasteiger partial charge < -0.3 is 85.9 Å². The van der Waals surface area contributed by atoms with Crippen LogP contribution in [0.15, 0.2) is 121 Å². The minimum Gasteiger partial charge on any atom is -0.370 e. The Morgan fingerprint density at radius 1 is 0.593 bits per heavy atom. The zero-order valence-electron chi connectivity index (χ0n) is 60.0. The van der Waals surface area contributed by atoms with E-state index in [1.54, 1.807) is 80.6 Å². The number of nitrogens with one attached hydrogen (secondary N) is 12. The zero-order chi connectivity index (χ0) is 78.1. The molecule has 34 heteroatoms. The molecule has 2 bridgehead atoms. The molecule has 4 aromatic carbocycles. The molecule has 11 atom stereocenters. The second-order valence-corrected chi connectivity index (χ2v) is 28.1. The molecule has 32 nitrogen and oxygen atoms in total. The summed E-state index contributed by atoms with van der Waals surface area (Å²) in [6.07, 6.45) is -0.558. The van der Waals surface area contributed by atoms with Gasteiger partial charge in [-0.3, -0.25) is 77.1 Å².